The van der Waals surface area contributed by atoms with E-state index in [0.717, 1.165) is 17.1 Å². The lowest BCUT2D eigenvalue weighted by Crippen LogP contribution is -2.31. The number of nitrogens with zero attached hydrogens (tertiary/aromatic N) is 3. The van der Waals surface area contributed by atoms with Gasteiger partial charge in [-0.2, -0.15) is 5.10 Å². The van der Waals surface area contributed by atoms with E-state index in [9.17, 15) is 4.79 Å². The third kappa shape index (κ3) is 4.57. The van der Waals surface area contributed by atoms with E-state index in [1.54, 1.807) is 19.1 Å². The Balaban J connectivity index is 2.00. The summed E-state index contributed by atoms with van der Waals surface area (Å²) in [7, 11) is 3.88. The number of carbonyl (C=O) groups excluding carboxylic acids is 1. The molecule has 0 aliphatic carbocycles. The number of carbonyl (C=O) groups is 1. The average Bonchev–Trinajstić information content (AvgIpc) is 2.82. The molecule has 25 heavy (non-hydrogen) atoms. The van der Waals surface area contributed by atoms with Crippen molar-refractivity contribution in [2.45, 2.75) is 27.3 Å². The monoisotopic (exact) mass is 360 g/mol. The van der Waals surface area contributed by atoms with Crippen LogP contribution in [-0.4, -0.2) is 39.4 Å². The van der Waals surface area contributed by atoms with Crippen LogP contribution in [0.5, 0.6) is 0 Å². The van der Waals surface area contributed by atoms with Crippen LogP contribution in [0, 0.1) is 13.8 Å². The van der Waals surface area contributed by atoms with E-state index in [0.29, 0.717) is 23.8 Å². The standard InChI is InChI=1S/C18H24N4O2S/c1-6-24-17(23)14-7-9-15(10-8-14)19-18(25)21(4)11-16-12(2)20-22(5)13(16)3/h7-10H,6,11H2,1-5H3,(H,19,25). The number of thiocarbonyl (C=S) groups is 1. The Morgan fingerprint density at radius 3 is 2.48 bits per heavy atom. The summed E-state index contributed by atoms with van der Waals surface area (Å²) < 4.78 is 6.85. The summed E-state index contributed by atoms with van der Waals surface area (Å²) in [5.74, 6) is -0.323. The smallest absolute Gasteiger partial charge is 0.338 e. The zero-order valence-corrected chi connectivity index (χ0v) is 16.1. The van der Waals surface area contributed by atoms with Crippen LogP contribution >= 0.6 is 12.2 Å². The van der Waals surface area contributed by atoms with Crippen LogP contribution in [-0.2, 0) is 18.3 Å². The van der Waals surface area contributed by atoms with Crippen molar-refractivity contribution in [3.05, 3.63) is 46.8 Å². The van der Waals surface area contributed by atoms with Crippen LogP contribution in [0.1, 0.15) is 34.2 Å². The Labute approximate surface area is 153 Å². The summed E-state index contributed by atoms with van der Waals surface area (Å²) in [5.41, 5.74) is 4.66. The number of aryl methyl sites for hydroxylation is 2. The molecule has 0 aliphatic rings. The van der Waals surface area contributed by atoms with Crippen molar-refractivity contribution in [2.75, 3.05) is 19.0 Å². The summed E-state index contributed by atoms with van der Waals surface area (Å²) in [6.45, 7) is 6.88. The van der Waals surface area contributed by atoms with E-state index < -0.39 is 0 Å². The van der Waals surface area contributed by atoms with Gasteiger partial charge in [0.05, 0.1) is 17.9 Å². The molecule has 1 aromatic carbocycles. The molecule has 0 spiro atoms. The van der Waals surface area contributed by atoms with Gasteiger partial charge in [-0.15, -0.1) is 0 Å². The van der Waals surface area contributed by atoms with Crippen molar-refractivity contribution in [1.29, 1.82) is 0 Å². The number of anilines is 1. The average molecular weight is 360 g/mol. The minimum Gasteiger partial charge on any atom is -0.462 e. The SMILES string of the molecule is CCOC(=O)c1ccc(NC(=S)N(C)Cc2c(C)nn(C)c2C)cc1. The van der Waals surface area contributed by atoms with E-state index in [-0.39, 0.29) is 5.97 Å². The highest BCUT2D eigenvalue weighted by Gasteiger charge is 2.14. The maximum atomic E-state index is 11.7. The molecule has 2 aromatic rings. The Kier molecular flexibility index (Phi) is 6.14. The minimum atomic E-state index is -0.323. The molecule has 0 amide bonds. The highest BCUT2D eigenvalue weighted by molar-refractivity contribution is 7.80. The molecule has 0 saturated carbocycles. The van der Waals surface area contributed by atoms with Gasteiger partial charge < -0.3 is 15.0 Å². The van der Waals surface area contributed by atoms with Crippen molar-refractivity contribution in [3.8, 4) is 0 Å². The molecule has 1 aromatic heterocycles. The van der Waals surface area contributed by atoms with Gasteiger partial charge in [-0.25, -0.2) is 4.79 Å². The number of aromatic nitrogens is 2. The lowest BCUT2D eigenvalue weighted by Gasteiger charge is -2.21. The number of hydrogen-bond donors (Lipinski definition) is 1. The second-order valence-corrected chi connectivity index (χ2v) is 6.24. The first-order chi connectivity index (χ1) is 11.8. The molecule has 2 rings (SSSR count). The fourth-order valence-electron chi connectivity index (χ4n) is 2.48. The Hall–Kier alpha value is -2.41. The van der Waals surface area contributed by atoms with Gasteiger partial charge in [-0.3, -0.25) is 4.68 Å². The van der Waals surface area contributed by atoms with Gasteiger partial charge in [0.15, 0.2) is 5.11 Å². The molecule has 0 saturated heterocycles. The predicted molar refractivity (Wildman–Crippen MR) is 103 cm³/mol. The van der Waals surface area contributed by atoms with Crippen LogP contribution in [0.15, 0.2) is 24.3 Å². The Morgan fingerprint density at radius 1 is 1.32 bits per heavy atom. The summed E-state index contributed by atoms with van der Waals surface area (Å²) in [6.07, 6.45) is 0. The fourth-order valence-corrected chi connectivity index (χ4v) is 2.66. The first kappa shape index (κ1) is 18.9. The number of hydrogen-bond acceptors (Lipinski definition) is 4. The third-order valence-electron chi connectivity index (χ3n) is 4.05. The van der Waals surface area contributed by atoms with Gasteiger partial charge in [0.1, 0.15) is 0 Å². The molecule has 0 unspecified atom stereocenters. The van der Waals surface area contributed by atoms with E-state index in [2.05, 4.69) is 10.4 Å². The van der Waals surface area contributed by atoms with Crippen molar-refractivity contribution in [3.63, 3.8) is 0 Å². The molecule has 0 atom stereocenters. The fraction of sp³-hybridized carbons (Fsp3) is 0.389. The maximum absolute atomic E-state index is 11.7. The van der Waals surface area contributed by atoms with Crippen LogP contribution in [0.4, 0.5) is 5.69 Å². The molecule has 0 aliphatic heterocycles. The summed E-state index contributed by atoms with van der Waals surface area (Å²) >= 11 is 5.47. The zero-order valence-electron chi connectivity index (χ0n) is 15.3. The Bertz CT molecular complexity index is 768. The van der Waals surface area contributed by atoms with Gasteiger partial charge in [0.25, 0.3) is 0 Å². The molecule has 134 valence electrons. The summed E-state index contributed by atoms with van der Waals surface area (Å²) in [4.78, 5) is 13.6. The van der Waals surface area contributed by atoms with E-state index >= 15 is 0 Å². The maximum Gasteiger partial charge on any atom is 0.338 e. The number of benzene rings is 1. The van der Waals surface area contributed by atoms with Crippen molar-refractivity contribution >= 4 is 29.0 Å². The van der Waals surface area contributed by atoms with Crippen molar-refractivity contribution in [1.82, 2.24) is 14.7 Å². The summed E-state index contributed by atoms with van der Waals surface area (Å²) in [5, 5.41) is 8.22. The van der Waals surface area contributed by atoms with Crippen molar-refractivity contribution in [2.24, 2.45) is 7.05 Å². The predicted octanol–water partition coefficient (Wildman–Crippen LogP) is 3.04. The number of ether oxygens (including phenoxy) is 1. The first-order valence-electron chi connectivity index (χ1n) is 8.11. The van der Waals surface area contributed by atoms with E-state index in [4.69, 9.17) is 17.0 Å². The van der Waals surface area contributed by atoms with Crippen LogP contribution in [0.25, 0.3) is 0 Å². The highest BCUT2D eigenvalue weighted by Crippen LogP contribution is 2.16. The van der Waals surface area contributed by atoms with Gasteiger partial charge in [-0.05, 0) is 57.3 Å². The lowest BCUT2D eigenvalue weighted by atomic mass is 10.2. The zero-order chi connectivity index (χ0) is 18.6. The molecular formula is C18H24N4O2S. The molecular weight excluding hydrogens is 336 g/mol. The van der Waals surface area contributed by atoms with Crippen LogP contribution < -0.4 is 5.32 Å². The topological polar surface area (TPSA) is 59.4 Å². The molecule has 0 fully saturated rings. The molecule has 6 nitrogen and oxygen atoms in total. The third-order valence-corrected chi connectivity index (χ3v) is 4.46. The van der Waals surface area contributed by atoms with Gasteiger partial charge >= 0.3 is 5.97 Å². The quantitative estimate of drug-likeness (QED) is 0.653. The summed E-state index contributed by atoms with van der Waals surface area (Å²) in [6, 6.07) is 7.07. The van der Waals surface area contributed by atoms with Gasteiger partial charge in [0, 0.05) is 37.6 Å². The van der Waals surface area contributed by atoms with Gasteiger partial charge in [-0.1, -0.05) is 0 Å². The van der Waals surface area contributed by atoms with E-state index in [1.807, 2.05) is 49.7 Å². The van der Waals surface area contributed by atoms with Crippen molar-refractivity contribution < 1.29 is 9.53 Å². The van der Waals surface area contributed by atoms with Crippen LogP contribution in [0.3, 0.4) is 0 Å². The molecule has 0 bridgehead atoms. The molecule has 7 heteroatoms. The van der Waals surface area contributed by atoms with Gasteiger partial charge in [0.2, 0.25) is 0 Å². The molecule has 1 heterocycles. The number of nitrogens with one attached hydrogen (secondary N) is 1. The molecule has 1 N–H and O–H groups in total. The molecule has 0 radical (unpaired) electrons. The second kappa shape index (κ2) is 8.11. The Morgan fingerprint density at radius 2 is 1.96 bits per heavy atom. The highest BCUT2D eigenvalue weighted by atomic mass is 32.1. The van der Waals surface area contributed by atoms with Crippen LogP contribution in [0.2, 0.25) is 0 Å². The second-order valence-electron chi connectivity index (χ2n) is 5.86. The van der Waals surface area contributed by atoms with E-state index in [1.165, 1.54) is 5.56 Å². The first-order valence-corrected chi connectivity index (χ1v) is 8.52. The lowest BCUT2D eigenvalue weighted by molar-refractivity contribution is 0.0526. The normalized spacial score (nSPS) is 10.4. The number of esters is 1. The number of rotatable bonds is 5. The minimum absolute atomic E-state index is 0.323. The largest absolute Gasteiger partial charge is 0.462 e.